The second-order valence-corrected chi connectivity index (χ2v) is 8.66. The van der Waals surface area contributed by atoms with Gasteiger partial charge in [-0.05, 0) is 60.0 Å². The highest BCUT2D eigenvalue weighted by Crippen LogP contribution is 2.34. The number of halogens is 1. The minimum absolute atomic E-state index is 0.139. The van der Waals surface area contributed by atoms with E-state index in [-0.39, 0.29) is 17.8 Å². The number of fused-ring (bicyclic) bond motifs is 2. The summed E-state index contributed by atoms with van der Waals surface area (Å²) in [6.07, 6.45) is 2.87. The maximum absolute atomic E-state index is 13.4. The molecule has 178 valence electrons. The molecule has 35 heavy (non-hydrogen) atoms. The predicted molar refractivity (Wildman–Crippen MR) is 134 cm³/mol. The average Bonchev–Trinajstić information content (AvgIpc) is 3.12. The van der Waals surface area contributed by atoms with Crippen molar-refractivity contribution in [2.75, 3.05) is 19.8 Å². The Morgan fingerprint density at radius 3 is 2.54 bits per heavy atom. The van der Waals surface area contributed by atoms with Gasteiger partial charge in [0.25, 0.3) is 0 Å². The smallest absolute Gasteiger partial charge is 0.200 e. The Labute approximate surface area is 207 Å². The summed E-state index contributed by atoms with van der Waals surface area (Å²) < 4.78 is 23.1. The highest BCUT2D eigenvalue weighted by molar-refractivity contribution is 6.30. The van der Waals surface area contributed by atoms with Gasteiger partial charge in [0.2, 0.25) is 5.43 Å². The number of ether oxygens (including phenoxy) is 3. The Hall–Kier alpha value is -3.77. The second kappa shape index (κ2) is 9.84. The minimum atomic E-state index is -0.171. The van der Waals surface area contributed by atoms with Gasteiger partial charge in [-0.2, -0.15) is 0 Å². The number of Topliss-reactive ketones (excluding diaryl/α,β-unsaturated/α-hetero) is 1. The van der Waals surface area contributed by atoms with E-state index in [9.17, 15) is 9.59 Å². The van der Waals surface area contributed by atoms with E-state index in [4.69, 9.17) is 30.2 Å². The van der Waals surface area contributed by atoms with Crippen molar-refractivity contribution in [3.05, 3.63) is 87.2 Å². The van der Waals surface area contributed by atoms with Crippen LogP contribution in [0.3, 0.4) is 0 Å². The summed E-state index contributed by atoms with van der Waals surface area (Å²) in [5, 5.41) is 1.01. The first kappa shape index (κ1) is 23.0. The van der Waals surface area contributed by atoms with Crippen LogP contribution in [0.5, 0.6) is 17.2 Å². The van der Waals surface area contributed by atoms with E-state index in [1.807, 2.05) is 19.1 Å². The van der Waals surface area contributed by atoms with Gasteiger partial charge in [-0.15, -0.1) is 0 Å². The topological polar surface area (TPSA) is 75.0 Å². The lowest BCUT2D eigenvalue weighted by Gasteiger charge is -2.12. The Morgan fingerprint density at radius 2 is 1.77 bits per heavy atom. The zero-order chi connectivity index (χ0) is 24.4. The van der Waals surface area contributed by atoms with E-state index in [0.29, 0.717) is 69.6 Å². The van der Waals surface area contributed by atoms with Crippen LogP contribution in [0.2, 0.25) is 5.02 Å². The first-order valence-electron chi connectivity index (χ1n) is 11.4. The number of carbonyl (C=O) groups excluding carboxylic acids is 1. The van der Waals surface area contributed by atoms with Crippen molar-refractivity contribution in [1.82, 2.24) is 0 Å². The van der Waals surface area contributed by atoms with Gasteiger partial charge in [-0.1, -0.05) is 24.6 Å². The lowest BCUT2D eigenvalue weighted by Crippen LogP contribution is -2.13. The average molecular weight is 491 g/mol. The number of hydrogen-bond donors (Lipinski definition) is 0. The first-order valence-corrected chi connectivity index (χ1v) is 11.8. The predicted octanol–water partition coefficient (Wildman–Crippen LogP) is 6.10. The van der Waals surface area contributed by atoms with Crippen LogP contribution >= 0.6 is 11.6 Å². The fourth-order valence-corrected chi connectivity index (χ4v) is 4.13. The SMILES string of the molecule is CCc1cc2c(=O)c(-c3ccc4c(c3)OCCCO4)coc2cc1OCC(=O)c1ccc(Cl)cc1. The Balaban J connectivity index is 1.45. The molecule has 1 aliphatic rings. The lowest BCUT2D eigenvalue weighted by molar-refractivity contribution is 0.0921. The van der Waals surface area contributed by atoms with Crippen molar-refractivity contribution < 1.29 is 23.4 Å². The van der Waals surface area contributed by atoms with E-state index in [2.05, 4.69) is 0 Å². The zero-order valence-electron chi connectivity index (χ0n) is 19.1. The number of hydrogen-bond acceptors (Lipinski definition) is 6. The number of ketones is 1. The molecule has 0 radical (unpaired) electrons. The lowest BCUT2D eigenvalue weighted by atomic mass is 10.0. The molecule has 0 bridgehead atoms. The molecular weight excluding hydrogens is 468 g/mol. The molecule has 0 saturated heterocycles. The molecule has 0 spiro atoms. The van der Waals surface area contributed by atoms with Crippen molar-refractivity contribution >= 4 is 28.4 Å². The van der Waals surface area contributed by atoms with Gasteiger partial charge in [0.15, 0.2) is 23.9 Å². The normalized spacial score (nSPS) is 12.9. The molecule has 1 aliphatic heterocycles. The standard InChI is InChI=1S/C28H23ClO6/c1-2-17-12-21-26(14-25(17)35-16-23(30)18-4-7-20(29)8-5-18)34-15-22(28(21)31)19-6-9-24-27(13-19)33-11-3-10-32-24/h4-9,12-15H,2-3,10-11,16H2,1H3. The van der Waals surface area contributed by atoms with E-state index < -0.39 is 0 Å². The number of carbonyl (C=O) groups is 1. The maximum atomic E-state index is 13.4. The van der Waals surface area contributed by atoms with Gasteiger partial charge in [-0.3, -0.25) is 9.59 Å². The van der Waals surface area contributed by atoms with E-state index in [0.717, 1.165) is 12.0 Å². The first-order chi connectivity index (χ1) is 17.0. The van der Waals surface area contributed by atoms with Gasteiger partial charge in [0, 0.05) is 23.1 Å². The number of rotatable bonds is 6. The molecule has 2 heterocycles. The van der Waals surface area contributed by atoms with Crippen LogP contribution in [0.15, 0.2) is 70.1 Å². The highest BCUT2D eigenvalue weighted by atomic mass is 35.5. The number of benzene rings is 3. The van der Waals surface area contributed by atoms with Gasteiger partial charge >= 0.3 is 0 Å². The van der Waals surface area contributed by atoms with Crippen molar-refractivity contribution in [3.63, 3.8) is 0 Å². The summed E-state index contributed by atoms with van der Waals surface area (Å²) in [6, 6.07) is 15.5. The molecule has 0 N–H and O–H groups in total. The van der Waals surface area contributed by atoms with Crippen LogP contribution in [0, 0.1) is 0 Å². The fraction of sp³-hybridized carbons (Fsp3) is 0.214. The molecule has 6 nitrogen and oxygen atoms in total. The summed E-state index contributed by atoms with van der Waals surface area (Å²) in [5.74, 6) is 1.62. The molecule has 0 saturated carbocycles. The molecule has 1 aromatic heterocycles. The molecule has 7 heteroatoms. The van der Waals surface area contributed by atoms with E-state index in [1.54, 1.807) is 42.5 Å². The Bertz CT molecular complexity index is 1460. The molecule has 3 aromatic carbocycles. The van der Waals surface area contributed by atoms with Crippen LogP contribution in [-0.4, -0.2) is 25.6 Å². The minimum Gasteiger partial charge on any atom is -0.490 e. The molecule has 0 atom stereocenters. The largest absolute Gasteiger partial charge is 0.490 e. The van der Waals surface area contributed by atoms with Gasteiger partial charge in [0.1, 0.15) is 17.6 Å². The molecule has 0 amide bonds. The highest BCUT2D eigenvalue weighted by Gasteiger charge is 2.17. The molecule has 4 aromatic rings. The van der Waals surface area contributed by atoms with Crippen LogP contribution in [0.25, 0.3) is 22.1 Å². The molecule has 0 fully saturated rings. The van der Waals surface area contributed by atoms with Gasteiger partial charge in [-0.25, -0.2) is 0 Å². The fourth-order valence-electron chi connectivity index (χ4n) is 4.00. The summed E-state index contributed by atoms with van der Waals surface area (Å²) in [6.45, 7) is 2.98. The van der Waals surface area contributed by atoms with Gasteiger partial charge < -0.3 is 18.6 Å². The van der Waals surface area contributed by atoms with Gasteiger partial charge in [0.05, 0.1) is 24.2 Å². The Kier molecular flexibility index (Phi) is 6.47. The summed E-state index contributed by atoms with van der Waals surface area (Å²) in [5.41, 5.74) is 2.68. The third-order valence-electron chi connectivity index (χ3n) is 5.92. The third-order valence-corrected chi connectivity index (χ3v) is 6.17. The quantitative estimate of drug-likeness (QED) is 0.304. The summed E-state index contributed by atoms with van der Waals surface area (Å²) >= 11 is 5.89. The van der Waals surface area contributed by atoms with Crippen LogP contribution in [0.1, 0.15) is 29.3 Å². The Morgan fingerprint density at radius 1 is 1.00 bits per heavy atom. The zero-order valence-corrected chi connectivity index (χ0v) is 19.9. The number of aryl methyl sites for hydroxylation is 1. The van der Waals surface area contributed by atoms with Crippen molar-refractivity contribution in [2.45, 2.75) is 19.8 Å². The third kappa shape index (κ3) is 4.75. The van der Waals surface area contributed by atoms with Crippen LogP contribution < -0.4 is 19.6 Å². The monoisotopic (exact) mass is 490 g/mol. The second-order valence-electron chi connectivity index (χ2n) is 8.22. The van der Waals surface area contributed by atoms with E-state index >= 15 is 0 Å². The maximum Gasteiger partial charge on any atom is 0.200 e. The van der Waals surface area contributed by atoms with Crippen molar-refractivity contribution in [2.24, 2.45) is 0 Å². The summed E-state index contributed by atoms with van der Waals surface area (Å²) in [7, 11) is 0. The van der Waals surface area contributed by atoms with E-state index in [1.165, 1.54) is 6.26 Å². The molecular formula is C28H23ClO6. The molecule has 0 unspecified atom stereocenters. The van der Waals surface area contributed by atoms with Crippen molar-refractivity contribution in [3.8, 4) is 28.4 Å². The summed E-state index contributed by atoms with van der Waals surface area (Å²) in [4.78, 5) is 25.9. The van der Waals surface area contributed by atoms with Crippen LogP contribution in [0.4, 0.5) is 0 Å². The molecule has 0 aliphatic carbocycles. The molecule has 5 rings (SSSR count). The van der Waals surface area contributed by atoms with Crippen LogP contribution in [-0.2, 0) is 6.42 Å². The van der Waals surface area contributed by atoms with Crippen molar-refractivity contribution in [1.29, 1.82) is 0 Å².